The van der Waals surface area contributed by atoms with Gasteiger partial charge in [0.05, 0.1) is 18.3 Å². The number of fused-ring (bicyclic) bond motifs is 1. The zero-order chi connectivity index (χ0) is 22.2. The lowest BCUT2D eigenvalue weighted by molar-refractivity contribution is -0.106. The highest BCUT2D eigenvalue weighted by atomic mass is 32.2. The normalized spacial score (nSPS) is 27.5. The fourth-order valence-electron chi connectivity index (χ4n) is 3.89. The number of nitrogens with zero attached hydrogens (tertiary/aromatic N) is 3. The number of nitrogens with one attached hydrogen (secondary N) is 1. The number of hydrogen-bond donors (Lipinski definition) is 2. The molecule has 2 aliphatic rings. The van der Waals surface area contributed by atoms with Crippen LogP contribution >= 0.6 is 11.8 Å². The summed E-state index contributed by atoms with van der Waals surface area (Å²) < 4.78 is 36.4. The van der Waals surface area contributed by atoms with Gasteiger partial charge in [-0.2, -0.15) is 5.26 Å². The zero-order valence-electron chi connectivity index (χ0n) is 16.6. The van der Waals surface area contributed by atoms with Gasteiger partial charge < -0.3 is 15.8 Å². The van der Waals surface area contributed by atoms with Crippen LogP contribution in [0.5, 0.6) is 0 Å². The van der Waals surface area contributed by atoms with E-state index in [1.54, 1.807) is 6.92 Å². The SMILES string of the molecule is C[C@H]1C[C@@]2(F)CSC(N)=N[C@@]2(c2cc(F)cc(NC(=O)c3ccc(C#N)cn3)c2)CO1. The Bertz CT molecular complexity index is 1100. The van der Waals surface area contributed by atoms with E-state index in [1.807, 2.05) is 6.07 Å². The van der Waals surface area contributed by atoms with Gasteiger partial charge in [0, 0.05) is 24.1 Å². The summed E-state index contributed by atoms with van der Waals surface area (Å²) >= 11 is 1.12. The fourth-order valence-corrected chi connectivity index (χ4v) is 4.85. The van der Waals surface area contributed by atoms with Gasteiger partial charge >= 0.3 is 0 Å². The van der Waals surface area contributed by atoms with E-state index in [0.29, 0.717) is 5.56 Å². The molecule has 3 atom stereocenters. The number of aliphatic imine (C=N–C) groups is 1. The van der Waals surface area contributed by atoms with Crippen molar-refractivity contribution < 1.29 is 18.3 Å². The maximum absolute atomic E-state index is 16.1. The molecule has 3 N–H and O–H groups in total. The number of halogens is 2. The standard InChI is InChI=1S/C21H19F2N5O2S/c1-12-7-20(23)11-31-19(25)28-21(20,10-30-12)14-4-15(22)6-16(5-14)27-18(29)17-3-2-13(8-24)9-26-17/h2-6,9,12H,7,10-11H2,1H3,(H2,25,28)(H,27,29)/t12-,20+,21+/m0/s1. The molecule has 0 unspecified atom stereocenters. The van der Waals surface area contributed by atoms with Crippen LogP contribution in [0.3, 0.4) is 0 Å². The number of rotatable bonds is 3. The maximum Gasteiger partial charge on any atom is 0.274 e. The molecule has 4 rings (SSSR count). The Morgan fingerprint density at radius 2 is 2.23 bits per heavy atom. The van der Waals surface area contributed by atoms with Gasteiger partial charge in [-0.1, -0.05) is 11.8 Å². The largest absolute Gasteiger partial charge is 0.379 e. The van der Waals surface area contributed by atoms with Crippen molar-refractivity contribution in [3.05, 3.63) is 59.2 Å². The lowest BCUT2D eigenvalue weighted by atomic mass is 9.73. The number of thioether (sulfide) groups is 1. The number of alkyl halides is 1. The number of nitriles is 1. The number of amides is 1. The van der Waals surface area contributed by atoms with Gasteiger partial charge in [0.1, 0.15) is 23.1 Å². The third-order valence-corrected chi connectivity index (χ3v) is 6.43. The van der Waals surface area contributed by atoms with Crippen molar-refractivity contribution in [2.75, 3.05) is 17.7 Å². The van der Waals surface area contributed by atoms with Crippen molar-refractivity contribution >= 4 is 28.5 Å². The molecule has 0 saturated carbocycles. The first-order valence-electron chi connectivity index (χ1n) is 9.52. The molecule has 0 aliphatic carbocycles. The van der Waals surface area contributed by atoms with Crippen molar-refractivity contribution in [1.82, 2.24) is 4.98 Å². The van der Waals surface area contributed by atoms with Gasteiger partial charge in [0.2, 0.25) is 0 Å². The molecule has 1 aromatic heterocycles. The van der Waals surface area contributed by atoms with E-state index in [2.05, 4.69) is 15.3 Å². The van der Waals surface area contributed by atoms with Crippen LogP contribution in [0.2, 0.25) is 0 Å². The predicted molar refractivity (Wildman–Crippen MR) is 113 cm³/mol. The van der Waals surface area contributed by atoms with Crippen LogP contribution in [0.4, 0.5) is 14.5 Å². The lowest BCUT2D eigenvalue weighted by Gasteiger charge is -2.49. The number of nitrogens with two attached hydrogens (primary N) is 1. The van der Waals surface area contributed by atoms with Crippen molar-refractivity contribution in [1.29, 1.82) is 5.26 Å². The van der Waals surface area contributed by atoms with E-state index in [1.165, 1.54) is 30.5 Å². The number of ether oxygens (including phenoxy) is 1. The molecule has 0 spiro atoms. The molecular weight excluding hydrogens is 424 g/mol. The summed E-state index contributed by atoms with van der Waals surface area (Å²) in [5.74, 6) is -1.19. The highest BCUT2D eigenvalue weighted by molar-refractivity contribution is 8.13. The van der Waals surface area contributed by atoms with Gasteiger partial charge in [0.25, 0.3) is 5.91 Å². The Morgan fingerprint density at radius 3 is 2.94 bits per heavy atom. The van der Waals surface area contributed by atoms with Crippen LogP contribution in [-0.4, -0.2) is 40.2 Å². The Hall–Kier alpha value is -3.03. The number of benzene rings is 1. The predicted octanol–water partition coefficient (Wildman–Crippen LogP) is 3.12. The van der Waals surface area contributed by atoms with E-state index in [9.17, 15) is 9.18 Å². The van der Waals surface area contributed by atoms with Gasteiger partial charge in [-0.05, 0) is 42.8 Å². The Labute approximate surface area is 181 Å². The Balaban J connectivity index is 1.70. The van der Waals surface area contributed by atoms with Crippen LogP contribution in [0.15, 0.2) is 41.5 Å². The number of carbonyl (C=O) groups is 1. The zero-order valence-corrected chi connectivity index (χ0v) is 17.4. The number of anilines is 1. The number of hydrogen-bond acceptors (Lipinski definition) is 7. The minimum Gasteiger partial charge on any atom is -0.379 e. The number of pyridine rings is 1. The van der Waals surface area contributed by atoms with Crippen molar-refractivity contribution in [3.63, 3.8) is 0 Å². The second-order valence-electron chi connectivity index (χ2n) is 7.62. The number of aromatic nitrogens is 1. The summed E-state index contributed by atoms with van der Waals surface area (Å²) in [6.45, 7) is 1.68. The molecule has 1 amide bonds. The van der Waals surface area contributed by atoms with Gasteiger partial charge in [0.15, 0.2) is 10.8 Å². The second kappa shape index (κ2) is 7.90. The third kappa shape index (κ3) is 3.86. The van der Waals surface area contributed by atoms with Crippen LogP contribution in [-0.2, 0) is 10.3 Å². The fraction of sp³-hybridized carbons (Fsp3) is 0.333. The third-order valence-electron chi connectivity index (χ3n) is 5.44. The van der Waals surface area contributed by atoms with Crippen LogP contribution in [0.25, 0.3) is 0 Å². The molecule has 31 heavy (non-hydrogen) atoms. The lowest BCUT2D eigenvalue weighted by Crippen LogP contribution is -2.60. The summed E-state index contributed by atoms with van der Waals surface area (Å²) in [4.78, 5) is 20.8. The first-order chi connectivity index (χ1) is 14.7. The Morgan fingerprint density at radius 1 is 1.42 bits per heavy atom. The minimum absolute atomic E-state index is 0.0500. The summed E-state index contributed by atoms with van der Waals surface area (Å²) in [7, 11) is 0. The molecule has 2 aliphatic heterocycles. The van der Waals surface area contributed by atoms with Crippen LogP contribution < -0.4 is 11.1 Å². The molecule has 0 radical (unpaired) electrons. The monoisotopic (exact) mass is 443 g/mol. The number of amidine groups is 1. The first kappa shape index (κ1) is 21.2. The molecule has 0 bridgehead atoms. The van der Waals surface area contributed by atoms with Gasteiger partial charge in [-0.25, -0.2) is 18.8 Å². The average molecular weight is 443 g/mol. The molecular formula is C21H19F2N5O2S. The molecule has 2 aromatic rings. The summed E-state index contributed by atoms with van der Waals surface area (Å²) in [6.07, 6.45) is 1.04. The molecule has 1 saturated heterocycles. The molecule has 3 heterocycles. The van der Waals surface area contributed by atoms with Crippen molar-refractivity contribution in [3.8, 4) is 6.07 Å². The minimum atomic E-state index is -1.79. The number of carbonyl (C=O) groups excluding carboxylic acids is 1. The quantitative estimate of drug-likeness (QED) is 0.754. The molecule has 1 fully saturated rings. The van der Waals surface area contributed by atoms with Crippen LogP contribution in [0, 0.1) is 17.1 Å². The van der Waals surface area contributed by atoms with E-state index in [-0.39, 0.29) is 47.0 Å². The summed E-state index contributed by atoms with van der Waals surface area (Å²) in [6, 6.07) is 8.55. The second-order valence-corrected chi connectivity index (χ2v) is 8.61. The highest BCUT2D eigenvalue weighted by Crippen LogP contribution is 2.51. The van der Waals surface area contributed by atoms with Gasteiger partial charge in [-0.3, -0.25) is 4.79 Å². The Kier molecular flexibility index (Phi) is 5.41. The average Bonchev–Trinajstić information content (AvgIpc) is 2.74. The molecule has 7 nitrogen and oxygen atoms in total. The van der Waals surface area contributed by atoms with E-state index in [0.717, 1.165) is 17.8 Å². The topological polar surface area (TPSA) is 113 Å². The van der Waals surface area contributed by atoms with E-state index in [4.69, 9.17) is 15.7 Å². The molecule has 10 heteroatoms. The molecule has 1 aromatic carbocycles. The highest BCUT2D eigenvalue weighted by Gasteiger charge is 2.59. The van der Waals surface area contributed by atoms with E-state index < -0.39 is 22.9 Å². The van der Waals surface area contributed by atoms with Gasteiger partial charge in [-0.15, -0.1) is 0 Å². The van der Waals surface area contributed by atoms with Crippen LogP contribution in [0.1, 0.15) is 35.0 Å². The summed E-state index contributed by atoms with van der Waals surface area (Å²) in [5, 5.41) is 11.6. The molecule has 160 valence electrons. The maximum atomic E-state index is 16.1. The van der Waals surface area contributed by atoms with Crippen molar-refractivity contribution in [2.45, 2.75) is 30.7 Å². The van der Waals surface area contributed by atoms with E-state index >= 15 is 4.39 Å². The van der Waals surface area contributed by atoms with Crippen molar-refractivity contribution in [2.24, 2.45) is 10.7 Å². The smallest absolute Gasteiger partial charge is 0.274 e. The first-order valence-corrected chi connectivity index (χ1v) is 10.5. The summed E-state index contributed by atoms with van der Waals surface area (Å²) in [5.41, 5.74) is 3.31.